The first-order valence-corrected chi connectivity index (χ1v) is 12.6. The van der Waals surface area contributed by atoms with Crippen LogP contribution in [0.5, 0.6) is 0 Å². The predicted octanol–water partition coefficient (Wildman–Crippen LogP) is -6.15. The minimum Gasteiger partial charge on any atom is -0.388 e. The number of rotatable bonds is 7. The van der Waals surface area contributed by atoms with E-state index < -0.39 is 111 Å². The van der Waals surface area contributed by atoms with Crippen molar-refractivity contribution in [2.45, 2.75) is 111 Å². The summed E-state index contributed by atoms with van der Waals surface area (Å²) in [4.78, 5) is 0. The third-order valence-corrected chi connectivity index (χ3v) is 7.19. The van der Waals surface area contributed by atoms with Crippen LogP contribution in [0.3, 0.4) is 0 Å². The van der Waals surface area contributed by atoms with E-state index in [2.05, 4.69) is 0 Å². The Kier molecular flexibility index (Phi) is 10.5. The van der Waals surface area contributed by atoms with Crippen molar-refractivity contribution in [3.8, 4) is 0 Å². The Morgan fingerprint density at radius 3 is 1.62 bits per heavy atom. The van der Waals surface area contributed by atoms with Gasteiger partial charge in [-0.3, -0.25) is 0 Å². The molecule has 0 unspecified atom stereocenters. The molecule has 0 spiro atoms. The molecular weight excluding hydrogens is 536 g/mol. The molecule has 0 aliphatic carbocycles. The monoisotopic (exact) mass is 574 g/mol. The maximum Gasteiger partial charge on any atom is 0.187 e. The molecule has 0 aromatic heterocycles. The molecule has 4 saturated heterocycles. The number of ether oxygens (including phenoxy) is 8. The third kappa shape index (κ3) is 6.55. The van der Waals surface area contributed by atoms with Gasteiger partial charge < -0.3 is 83.9 Å². The fourth-order valence-electron chi connectivity index (χ4n) is 4.84. The van der Waals surface area contributed by atoms with Gasteiger partial charge in [-0.05, 0) is 6.92 Å². The summed E-state index contributed by atoms with van der Waals surface area (Å²) in [5.74, 6) is 0. The van der Waals surface area contributed by atoms with Crippen LogP contribution in [0.4, 0.5) is 0 Å². The molecule has 0 aromatic carbocycles. The Bertz CT molecular complexity index is 775. The van der Waals surface area contributed by atoms with Crippen molar-refractivity contribution in [3.05, 3.63) is 0 Å². The minimum absolute atomic E-state index is 0.208. The fourth-order valence-corrected chi connectivity index (χ4v) is 4.84. The Balaban J connectivity index is 1.38. The topological polar surface area (TPSA) is 256 Å². The SMILES string of the molecule is CO[C@@H]1OC[C@@H](O)[C@H](O)[C@H]1O[C@@H]1O[C@@H](C)[C@H](O[C@@H]2OC[C@H](O)[C@H](O[C@@H]3OC[C@@H](O)[C@H](O)[C@H]3O)[C@H]2O)[C@@H](O)[C@H]1O. The van der Waals surface area contributed by atoms with Crippen molar-refractivity contribution < 1.29 is 83.9 Å². The molecule has 4 aliphatic rings. The zero-order valence-electron chi connectivity index (χ0n) is 21.2. The molecule has 4 fully saturated rings. The molecule has 4 rings (SSSR count). The van der Waals surface area contributed by atoms with Crippen LogP contribution in [0.1, 0.15) is 6.92 Å². The number of methoxy groups -OCH3 is 1. The number of aliphatic hydroxyl groups is 9. The summed E-state index contributed by atoms with van der Waals surface area (Å²) in [6.07, 6.45) is -24.4. The van der Waals surface area contributed by atoms with E-state index >= 15 is 0 Å². The average molecular weight is 575 g/mol. The number of aliphatic hydroxyl groups excluding tert-OH is 9. The van der Waals surface area contributed by atoms with Crippen molar-refractivity contribution >= 4 is 0 Å². The maximum atomic E-state index is 10.8. The van der Waals surface area contributed by atoms with Gasteiger partial charge in [0, 0.05) is 7.11 Å². The summed E-state index contributed by atoms with van der Waals surface area (Å²) in [6, 6.07) is 0. The minimum atomic E-state index is -1.73. The van der Waals surface area contributed by atoms with Crippen LogP contribution >= 0.6 is 0 Å². The highest BCUT2D eigenvalue weighted by Crippen LogP contribution is 2.31. The van der Waals surface area contributed by atoms with Crippen LogP contribution in [0.15, 0.2) is 0 Å². The number of hydrogen-bond acceptors (Lipinski definition) is 17. The second-order valence-corrected chi connectivity index (χ2v) is 10.00. The van der Waals surface area contributed by atoms with E-state index in [0.717, 1.165) is 0 Å². The van der Waals surface area contributed by atoms with Gasteiger partial charge in [-0.25, -0.2) is 0 Å². The highest BCUT2D eigenvalue weighted by atomic mass is 16.8. The zero-order valence-corrected chi connectivity index (χ0v) is 21.2. The Hall–Kier alpha value is -0.680. The lowest BCUT2D eigenvalue weighted by Crippen LogP contribution is -2.64. The highest BCUT2D eigenvalue weighted by molar-refractivity contribution is 4.94. The van der Waals surface area contributed by atoms with Gasteiger partial charge in [0.2, 0.25) is 0 Å². The van der Waals surface area contributed by atoms with E-state index in [1.807, 2.05) is 0 Å². The van der Waals surface area contributed by atoms with Crippen LogP contribution in [0.25, 0.3) is 0 Å². The van der Waals surface area contributed by atoms with Crippen LogP contribution in [0, 0.1) is 0 Å². The first kappa shape index (κ1) is 31.3. The molecule has 4 aliphatic heterocycles. The summed E-state index contributed by atoms with van der Waals surface area (Å²) >= 11 is 0. The van der Waals surface area contributed by atoms with E-state index in [-0.39, 0.29) is 13.2 Å². The molecule has 0 saturated carbocycles. The molecule has 4 heterocycles. The molecule has 0 amide bonds. The van der Waals surface area contributed by atoms with E-state index in [0.29, 0.717) is 0 Å². The van der Waals surface area contributed by atoms with E-state index in [1.165, 1.54) is 14.0 Å². The maximum absolute atomic E-state index is 10.8. The van der Waals surface area contributed by atoms with Gasteiger partial charge >= 0.3 is 0 Å². The van der Waals surface area contributed by atoms with Gasteiger partial charge in [0.05, 0.1) is 25.9 Å². The van der Waals surface area contributed by atoms with Crippen LogP contribution in [-0.4, -0.2) is 177 Å². The normalized spacial score (nSPS) is 53.5. The smallest absolute Gasteiger partial charge is 0.187 e. The van der Waals surface area contributed by atoms with Crippen LogP contribution < -0.4 is 0 Å². The lowest BCUT2D eigenvalue weighted by molar-refractivity contribution is -0.375. The third-order valence-electron chi connectivity index (χ3n) is 7.19. The lowest BCUT2D eigenvalue weighted by atomic mass is 9.98. The molecule has 0 aromatic rings. The van der Waals surface area contributed by atoms with Crippen molar-refractivity contribution in [2.24, 2.45) is 0 Å². The Morgan fingerprint density at radius 2 is 0.974 bits per heavy atom. The second kappa shape index (κ2) is 13.1. The summed E-state index contributed by atoms with van der Waals surface area (Å²) in [6.45, 7) is 0.507. The molecule has 39 heavy (non-hydrogen) atoms. The first-order valence-electron chi connectivity index (χ1n) is 12.6. The molecule has 0 bridgehead atoms. The average Bonchev–Trinajstić information content (AvgIpc) is 2.91. The summed E-state index contributed by atoms with van der Waals surface area (Å²) in [5.41, 5.74) is 0. The van der Waals surface area contributed by atoms with Gasteiger partial charge in [0.1, 0.15) is 73.2 Å². The molecule has 0 radical (unpaired) electrons. The van der Waals surface area contributed by atoms with Gasteiger partial charge in [0.15, 0.2) is 25.2 Å². The van der Waals surface area contributed by atoms with Gasteiger partial charge in [-0.1, -0.05) is 0 Å². The largest absolute Gasteiger partial charge is 0.388 e. The van der Waals surface area contributed by atoms with Gasteiger partial charge in [-0.15, -0.1) is 0 Å². The summed E-state index contributed by atoms with van der Waals surface area (Å²) in [7, 11) is 1.29. The van der Waals surface area contributed by atoms with Crippen molar-refractivity contribution in [1.29, 1.82) is 0 Å². The predicted molar refractivity (Wildman–Crippen MR) is 119 cm³/mol. The number of hydrogen-bond donors (Lipinski definition) is 9. The van der Waals surface area contributed by atoms with Crippen molar-refractivity contribution in [1.82, 2.24) is 0 Å². The van der Waals surface area contributed by atoms with Gasteiger partial charge in [0.25, 0.3) is 0 Å². The molecule has 17 atom stereocenters. The lowest BCUT2D eigenvalue weighted by Gasteiger charge is -2.47. The fraction of sp³-hybridized carbons (Fsp3) is 1.00. The highest BCUT2D eigenvalue weighted by Gasteiger charge is 2.52. The Labute approximate surface area is 222 Å². The molecule has 9 N–H and O–H groups in total. The molecular formula is C22H38O17. The Morgan fingerprint density at radius 1 is 0.487 bits per heavy atom. The molecule has 17 nitrogen and oxygen atoms in total. The van der Waals surface area contributed by atoms with Crippen molar-refractivity contribution in [2.75, 3.05) is 26.9 Å². The van der Waals surface area contributed by atoms with Crippen LogP contribution in [-0.2, 0) is 37.9 Å². The van der Waals surface area contributed by atoms with E-state index in [4.69, 9.17) is 37.9 Å². The first-order chi connectivity index (χ1) is 18.4. The van der Waals surface area contributed by atoms with Gasteiger partial charge in [-0.2, -0.15) is 0 Å². The molecule has 228 valence electrons. The zero-order chi connectivity index (χ0) is 28.6. The molecule has 17 heteroatoms. The second-order valence-electron chi connectivity index (χ2n) is 10.00. The van der Waals surface area contributed by atoms with E-state index in [9.17, 15) is 46.0 Å². The van der Waals surface area contributed by atoms with E-state index in [1.54, 1.807) is 0 Å². The summed E-state index contributed by atoms with van der Waals surface area (Å²) in [5, 5.41) is 92.4. The summed E-state index contributed by atoms with van der Waals surface area (Å²) < 4.78 is 43.4. The van der Waals surface area contributed by atoms with Crippen LogP contribution in [0.2, 0.25) is 0 Å². The van der Waals surface area contributed by atoms with Crippen molar-refractivity contribution in [3.63, 3.8) is 0 Å². The quantitative estimate of drug-likeness (QED) is 0.137. The standard InChI is InChI=1S/C22H38O17/c1-6-16(12(28)14(30)21(36-6)39-18-11(27)8(24)4-35-22(18)32-2)37-20-15(31)17(9(25)5-34-20)38-19-13(29)10(26)7(23)3-33-19/h6-31H,3-5H2,1-2H3/t6-,7+,8+,9-,10-,11-,12-,13+,14+,15+,16-,17-,18+,19-,20-,21-,22+/m0/s1.